The van der Waals surface area contributed by atoms with Gasteiger partial charge in [-0.25, -0.2) is 0 Å². The number of carboxylic acid groups (broad SMARTS) is 2. The number of phenols is 1. The van der Waals surface area contributed by atoms with Crippen molar-refractivity contribution in [1.82, 2.24) is 21.3 Å². The zero-order valence-corrected chi connectivity index (χ0v) is 23.1. The topological polar surface area (TPSA) is 263 Å². The molecule has 0 saturated carbocycles. The number of phenolic OH excluding ortho intramolecular Hbond substituents is 1. The maximum atomic E-state index is 13.4. The van der Waals surface area contributed by atoms with E-state index in [-0.39, 0.29) is 25.0 Å². The molecule has 1 aromatic carbocycles. The minimum atomic E-state index is -1.30. The van der Waals surface area contributed by atoms with Gasteiger partial charge in [-0.2, -0.15) is 0 Å². The highest BCUT2D eigenvalue weighted by Crippen LogP contribution is 2.12. The van der Waals surface area contributed by atoms with Gasteiger partial charge < -0.3 is 48.1 Å². The summed E-state index contributed by atoms with van der Waals surface area (Å²) in [5, 5.41) is 37.5. The molecule has 0 bridgehead atoms. The van der Waals surface area contributed by atoms with Crippen molar-refractivity contribution in [3.05, 3.63) is 29.8 Å². The van der Waals surface area contributed by atoms with Crippen molar-refractivity contribution in [3.8, 4) is 5.75 Å². The summed E-state index contributed by atoms with van der Waals surface area (Å²) in [6.45, 7) is 2.95. The smallest absolute Gasteiger partial charge is 0.325 e. The summed E-state index contributed by atoms with van der Waals surface area (Å²) in [5.74, 6) is -5.60. The number of benzene rings is 1. The number of aliphatic carboxylic acids is 2. The van der Waals surface area contributed by atoms with E-state index in [9.17, 15) is 39.0 Å². The van der Waals surface area contributed by atoms with Crippen molar-refractivity contribution in [2.24, 2.45) is 11.5 Å². The number of rotatable bonds is 18. The second-order valence-corrected chi connectivity index (χ2v) is 9.63. The first-order valence-electron chi connectivity index (χ1n) is 13.1. The number of amides is 4. The van der Waals surface area contributed by atoms with Crippen LogP contribution in [0.5, 0.6) is 5.75 Å². The van der Waals surface area contributed by atoms with Gasteiger partial charge >= 0.3 is 11.9 Å². The highest BCUT2D eigenvalue weighted by molar-refractivity contribution is 5.95. The Balaban J connectivity index is 3.20. The van der Waals surface area contributed by atoms with Gasteiger partial charge in [0.15, 0.2) is 0 Å². The average Bonchev–Trinajstić information content (AvgIpc) is 2.90. The third-order valence-corrected chi connectivity index (χ3v) is 6.01. The summed E-state index contributed by atoms with van der Waals surface area (Å²) < 4.78 is 0. The summed E-state index contributed by atoms with van der Waals surface area (Å²) in [6.07, 6.45) is 0.233. The lowest BCUT2D eigenvalue weighted by Gasteiger charge is -2.26. The molecule has 41 heavy (non-hydrogen) atoms. The lowest BCUT2D eigenvalue weighted by molar-refractivity contribution is -0.142. The zero-order valence-electron chi connectivity index (χ0n) is 23.1. The van der Waals surface area contributed by atoms with E-state index >= 15 is 0 Å². The van der Waals surface area contributed by atoms with Crippen LogP contribution in [-0.4, -0.2) is 87.6 Å². The summed E-state index contributed by atoms with van der Waals surface area (Å²) in [6, 6.07) is -0.193. The van der Waals surface area contributed by atoms with Crippen LogP contribution in [0.1, 0.15) is 51.5 Å². The fourth-order valence-corrected chi connectivity index (χ4v) is 3.60. The van der Waals surface area contributed by atoms with E-state index in [2.05, 4.69) is 21.3 Å². The molecule has 1 aromatic rings. The number of hydrogen-bond donors (Lipinski definition) is 9. The fourth-order valence-electron chi connectivity index (χ4n) is 3.60. The monoisotopic (exact) mass is 580 g/mol. The molecule has 0 unspecified atom stereocenters. The highest BCUT2D eigenvalue weighted by atomic mass is 16.4. The molecule has 11 N–H and O–H groups in total. The van der Waals surface area contributed by atoms with Crippen LogP contribution >= 0.6 is 0 Å². The Morgan fingerprint density at radius 1 is 0.756 bits per heavy atom. The fraction of sp³-hybridized carbons (Fsp3) is 0.538. The van der Waals surface area contributed by atoms with E-state index in [0.29, 0.717) is 24.9 Å². The second kappa shape index (κ2) is 17.5. The number of unbranched alkanes of at least 4 members (excludes halogenated alkanes) is 1. The van der Waals surface area contributed by atoms with Crippen LogP contribution in [0.2, 0.25) is 0 Å². The summed E-state index contributed by atoms with van der Waals surface area (Å²) in [4.78, 5) is 73.9. The summed E-state index contributed by atoms with van der Waals surface area (Å²) in [7, 11) is 0. The molecule has 0 aliphatic rings. The number of nitrogens with two attached hydrogens (primary N) is 2. The molecular weight excluding hydrogens is 540 g/mol. The first-order chi connectivity index (χ1) is 19.2. The lowest BCUT2D eigenvalue weighted by Crippen LogP contribution is -2.58. The van der Waals surface area contributed by atoms with Gasteiger partial charge in [-0.05, 0) is 63.8 Å². The zero-order chi connectivity index (χ0) is 31.1. The van der Waals surface area contributed by atoms with E-state index in [0.717, 1.165) is 0 Å². The molecule has 0 spiro atoms. The van der Waals surface area contributed by atoms with Gasteiger partial charge in [-0.1, -0.05) is 12.1 Å². The molecule has 0 fully saturated rings. The SMILES string of the molecule is C[C@H](N)C(=O)N[C@@H](CCC(=O)O)C(=O)N[C@@H](CCCCN)C(=O)N[C@@H](Cc1ccc(O)cc1)C(=O)N[C@@H](C)C(=O)O. The van der Waals surface area contributed by atoms with Crippen LogP contribution < -0.4 is 32.7 Å². The van der Waals surface area contributed by atoms with Crippen LogP contribution in [0, 0.1) is 0 Å². The Hall–Kier alpha value is -4.24. The van der Waals surface area contributed by atoms with Crippen molar-refractivity contribution in [3.63, 3.8) is 0 Å². The lowest BCUT2D eigenvalue weighted by atomic mass is 10.0. The van der Waals surface area contributed by atoms with E-state index in [1.54, 1.807) is 0 Å². The quantitative estimate of drug-likeness (QED) is 0.0885. The third-order valence-electron chi connectivity index (χ3n) is 6.01. The van der Waals surface area contributed by atoms with E-state index in [1.807, 2.05) is 0 Å². The predicted octanol–water partition coefficient (Wildman–Crippen LogP) is -1.68. The van der Waals surface area contributed by atoms with Crippen molar-refractivity contribution in [2.45, 2.75) is 82.6 Å². The maximum Gasteiger partial charge on any atom is 0.325 e. The van der Waals surface area contributed by atoms with Crippen LogP contribution in [-0.2, 0) is 35.2 Å². The number of aromatic hydroxyl groups is 1. The van der Waals surface area contributed by atoms with Crippen molar-refractivity contribution in [1.29, 1.82) is 0 Å². The standard InChI is InChI=1S/C26H40N6O9/c1-14(28)22(36)30-19(10-11-21(34)35)24(38)31-18(5-3-4-12-27)23(37)32-20(25(39)29-15(2)26(40)41)13-16-6-8-17(33)9-7-16/h6-9,14-15,18-20,33H,3-5,10-13,27-28H2,1-2H3,(H,29,39)(H,30,36)(H,31,38)(H,32,37)(H,34,35)(H,40,41)/t14-,15-,18-,19-,20-/m0/s1. The van der Waals surface area contributed by atoms with Crippen LogP contribution in [0.25, 0.3) is 0 Å². The minimum Gasteiger partial charge on any atom is -0.508 e. The molecule has 5 atom stereocenters. The number of hydrogen-bond acceptors (Lipinski definition) is 9. The van der Waals surface area contributed by atoms with Gasteiger partial charge in [-0.3, -0.25) is 28.8 Å². The molecule has 1 rings (SSSR count). The molecule has 0 heterocycles. The highest BCUT2D eigenvalue weighted by Gasteiger charge is 2.31. The van der Waals surface area contributed by atoms with Gasteiger partial charge in [0.1, 0.15) is 29.9 Å². The van der Waals surface area contributed by atoms with Gasteiger partial charge in [0, 0.05) is 12.8 Å². The molecule has 4 amide bonds. The van der Waals surface area contributed by atoms with Gasteiger partial charge in [0.2, 0.25) is 23.6 Å². The maximum absolute atomic E-state index is 13.4. The molecule has 0 saturated heterocycles. The van der Waals surface area contributed by atoms with Crippen molar-refractivity contribution in [2.75, 3.05) is 6.54 Å². The number of carbonyl (C=O) groups excluding carboxylic acids is 4. The van der Waals surface area contributed by atoms with E-state index in [1.165, 1.54) is 38.1 Å². The Morgan fingerprint density at radius 3 is 1.78 bits per heavy atom. The molecule has 0 aliphatic carbocycles. The largest absolute Gasteiger partial charge is 0.508 e. The Labute approximate surface area is 237 Å². The molecule has 0 aromatic heterocycles. The average molecular weight is 581 g/mol. The van der Waals surface area contributed by atoms with Gasteiger partial charge in [0.05, 0.1) is 6.04 Å². The normalized spacial score (nSPS) is 14.4. The van der Waals surface area contributed by atoms with E-state index in [4.69, 9.17) is 16.6 Å². The van der Waals surface area contributed by atoms with Crippen molar-refractivity contribution < 1.29 is 44.1 Å². The third kappa shape index (κ3) is 13.1. The Bertz CT molecular complexity index is 1060. The van der Waals surface area contributed by atoms with E-state index < -0.39 is 72.2 Å². The van der Waals surface area contributed by atoms with Gasteiger partial charge in [0.25, 0.3) is 0 Å². The Kier molecular flexibility index (Phi) is 14.8. The summed E-state index contributed by atoms with van der Waals surface area (Å²) in [5.41, 5.74) is 11.7. The molecule has 0 radical (unpaired) electrons. The molecule has 15 heteroatoms. The van der Waals surface area contributed by atoms with Crippen LogP contribution in [0.15, 0.2) is 24.3 Å². The van der Waals surface area contributed by atoms with Crippen LogP contribution in [0.3, 0.4) is 0 Å². The predicted molar refractivity (Wildman–Crippen MR) is 146 cm³/mol. The molecular formula is C26H40N6O9. The first kappa shape index (κ1) is 34.8. The molecule has 0 aliphatic heterocycles. The molecule has 15 nitrogen and oxygen atoms in total. The van der Waals surface area contributed by atoms with Gasteiger partial charge in [-0.15, -0.1) is 0 Å². The first-order valence-corrected chi connectivity index (χ1v) is 13.1. The number of nitrogens with one attached hydrogen (secondary N) is 4. The molecule has 228 valence electrons. The number of carbonyl (C=O) groups is 6. The second-order valence-electron chi connectivity index (χ2n) is 9.63. The minimum absolute atomic E-state index is 0.0189. The van der Waals surface area contributed by atoms with Crippen molar-refractivity contribution >= 4 is 35.6 Å². The van der Waals surface area contributed by atoms with Crippen LogP contribution in [0.4, 0.5) is 0 Å². The summed E-state index contributed by atoms with van der Waals surface area (Å²) >= 11 is 0. The Morgan fingerprint density at radius 2 is 1.27 bits per heavy atom. The number of carboxylic acids is 2.